The van der Waals surface area contributed by atoms with Crippen molar-refractivity contribution in [2.24, 2.45) is 0 Å². The van der Waals surface area contributed by atoms with E-state index in [4.69, 9.17) is 4.74 Å². The van der Waals surface area contributed by atoms with Crippen LogP contribution in [0.15, 0.2) is 54.9 Å². The van der Waals surface area contributed by atoms with Gasteiger partial charge in [0.15, 0.2) is 0 Å². The molecule has 2 aliphatic rings. The molecule has 1 aromatic heterocycles. The van der Waals surface area contributed by atoms with Gasteiger partial charge in [-0.3, -0.25) is 4.79 Å². The van der Waals surface area contributed by atoms with E-state index in [0.717, 1.165) is 18.5 Å². The first-order valence-electron chi connectivity index (χ1n) is 10.2. The van der Waals surface area contributed by atoms with Crippen LogP contribution in [0.3, 0.4) is 0 Å². The summed E-state index contributed by atoms with van der Waals surface area (Å²) in [5.74, 6) is 1.21. The molecule has 1 amide bonds. The molecule has 31 heavy (non-hydrogen) atoms. The molecule has 0 unspecified atom stereocenters. The highest BCUT2D eigenvalue weighted by Crippen LogP contribution is 2.23. The van der Waals surface area contributed by atoms with Crippen molar-refractivity contribution in [2.75, 3.05) is 23.3 Å². The largest absolute Gasteiger partial charge is 0.487 e. The molecule has 1 saturated carbocycles. The lowest BCUT2D eigenvalue weighted by Crippen LogP contribution is -2.54. The lowest BCUT2D eigenvalue weighted by molar-refractivity contribution is 0.0951. The van der Waals surface area contributed by atoms with Gasteiger partial charge in [-0.15, -0.1) is 0 Å². The number of nitrogens with zero attached hydrogens (tertiary/aromatic N) is 4. The average molecular weight is 420 g/mol. The maximum Gasteiger partial charge on any atom is 0.251 e. The standard InChI is InChI=1S/C22H21FN6O2/c23-15-4-8-18(9-5-15)31-19-11-29(12-19)22-25-13-24-21(28-22)27-17-3-1-2-14(10-17)20(30)26-16-6-7-16/h1-5,8-10,13,16,19H,6-7,11-12H2,(H,26,30)(H,24,25,27,28). The minimum absolute atomic E-state index is 0.0136. The number of amides is 1. The van der Waals surface area contributed by atoms with Crippen molar-refractivity contribution in [2.45, 2.75) is 25.0 Å². The number of nitrogens with one attached hydrogen (secondary N) is 2. The van der Waals surface area contributed by atoms with Gasteiger partial charge < -0.3 is 20.3 Å². The summed E-state index contributed by atoms with van der Waals surface area (Å²) in [6, 6.07) is 13.5. The average Bonchev–Trinajstić information content (AvgIpc) is 3.56. The maximum atomic E-state index is 13.0. The Labute approximate surface area is 178 Å². The van der Waals surface area contributed by atoms with Crippen LogP contribution >= 0.6 is 0 Å². The molecule has 1 aliphatic heterocycles. The fourth-order valence-corrected chi connectivity index (χ4v) is 3.25. The minimum atomic E-state index is -0.290. The maximum absolute atomic E-state index is 13.0. The van der Waals surface area contributed by atoms with Crippen LogP contribution < -0.4 is 20.3 Å². The number of ether oxygens (including phenoxy) is 1. The molecule has 0 atom stereocenters. The highest BCUT2D eigenvalue weighted by Gasteiger charge is 2.31. The zero-order valence-corrected chi connectivity index (χ0v) is 16.7. The number of hydrogen-bond donors (Lipinski definition) is 2. The van der Waals surface area contributed by atoms with Crippen molar-refractivity contribution in [1.29, 1.82) is 0 Å². The highest BCUT2D eigenvalue weighted by atomic mass is 19.1. The zero-order chi connectivity index (χ0) is 21.2. The van der Waals surface area contributed by atoms with Crippen LogP contribution in [0.25, 0.3) is 0 Å². The molecule has 0 spiro atoms. The Morgan fingerprint density at radius 3 is 2.68 bits per heavy atom. The third kappa shape index (κ3) is 4.71. The molecule has 3 aromatic rings. The predicted molar refractivity (Wildman–Crippen MR) is 113 cm³/mol. The van der Waals surface area contributed by atoms with Gasteiger partial charge in [-0.25, -0.2) is 14.4 Å². The third-order valence-corrected chi connectivity index (χ3v) is 5.10. The molecule has 2 N–H and O–H groups in total. The van der Waals surface area contributed by atoms with Crippen molar-refractivity contribution in [3.05, 3.63) is 66.2 Å². The summed E-state index contributed by atoms with van der Waals surface area (Å²) in [6.45, 7) is 1.25. The van der Waals surface area contributed by atoms with Gasteiger partial charge in [0.1, 0.15) is 24.0 Å². The Kier molecular flexibility index (Phi) is 5.07. The van der Waals surface area contributed by atoms with Crippen molar-refractivity contribution in [3.8, 4) is 5.75 Å². The van der Waals surface area contributed by atoms with Gasteiger partial charge in [0, 0.05) is 17.3 Å². The van der Waals surface area contributed by atoms with Crippen molar-refractivity contribution >= 4 is 23.5 Å². The van der Waals surface area contributed by atoms with Crippen LogP contribution in [0, 0.1) is 5.82 Å². The first kappa shape index (κ1) is 19.2. The van der Waals surface area contributed by atoms with Crippen LogP contribution in [0.1, 0.15) is 23.2 Å². The summed E-state index contributed by atoms with van der Waals surface area (Å²) in [5, 5.41) is 6.11. The van der Waals surface area contributed by atoms with Gasteiger partial charge in [0.25, 0.3) is 5.91 Å². The first-order valence-corrected chi connectivity index (χ1v) is 10.2. The molecule has 2 fully saturated rings. The van der Waals surface area contributed by atoms with Crippen LogP contribution in [0.5, 0.6) is 5.75 Å². The molecule has 2 aromatic carbocycles. The highest BCUT2D eigenvalue weighted by molar-refractivity contribution is 5.95. The topological polar surface area (TPSA) is 92.3 Å². The van der Waals surface area contributed by atoms with E-state index in [0.29, 0.717) is 42.3 Å². The number of carbonyl (C=O) groups is 1. The van der Waals surface area contributed by atoms with E-state index < -0.39 is 0 Å². The summed E-state index contributed by atoms with van der Waals surface area (Å²) >= 11 is 0. The van der Waals surface area contributed by atoms with Gasteiger partial charge in [-0.05, 0) is 55.3 Å². The van der Waals surface area contributed by atoms with E-state index in [1.54, 1.807) is 24.3 Å². The lowest BCUT2D eigenvalue weighted by Gasteiger charge is -2.38. The Morgan fingerprint density at radius 1 is 1.10 bits per heavy atom. The molecule has 0 radical (unpaired) electrons. The summed E-state index contributed by atoms with van der Waals surface area (Å²) in [4.78, 5) is 27.1. The molecule has 158 valence electrons. The first-order chi connectivity index (χ1) is 15.1. The van der Waals surface area contributed by atoms with Gasteiger partial charge in [0.05, 0.1) is 13.1 Å². The van der Waals surface area contributed by atoms with Crippen molar-refractivity contribution in [3.63, 3.8) is 0 Å². The Bertz CT molecular complexity index is 1080. The second kappa shape index (κ2) is 8.17. The number of hydrogen-bond acceptors (Lipinski definition) is 7. The molecule has 1 aliphatic carbocycles. The number of benzene rings is 2. The van der Waals surface area contributed by atoms with Crippen LogP contribution in [-0.2, 0) is 0 Å². The Hall–Kier alpha value is -3.75. The number of rotatable bonds is 7. The van der Waals surface area contributed by atoms with Crippen LogP contribution in [0.4, 0.5) is 22.0 Å². The number of halogens is 1. The van der Waals surface area contributed by atoms with E-state index >= 15 is 0 Å². The molecule has 1 saturated heterocycles. The molecule has 9 heteroatoms. The summed E-state index contributed by atoms with van der Waals surface area (Å²) in [7, 11) is 0. The van der Waals surface area contributed by atoms with Gasteiger partial charge in [0.2, 0.25) is 11.9 Å². The summed E-state index contributed by atoms with van der Waals surface area (Å²) in [6.07, 6.45) is 3.52. The fourth-order valence-electron chi connectivity index (χ4n) is 3.25. The van der Waals surface area contributed by atoms with E-state index in [2.05, 4.69) is 25.6 Å². The minimum Gasteiger partial charge on any atom is -0.487 e. The zero-order valence-electron chi connectivity index (χ0n) is 16.7. The predicted octanol–water partition coefficient (Wildman–Crippen LogP) is 2.91. The van der Waals surface area contributed by atoms with Crippen LogP contribution in [-0.4, -0.2) is 46.1 Å². The Balaban J connectivity index is 1.19. The molecule has 0 bridgehead atoms. The molecule has 5 rings (SSSR count). The quantitative estimate of drug-likeness (QED) is 0.607. The molecule has 8 nitrogen and oxygen atoms in total. The number of anilines is 3. The van der Waals surface area contributed by atoms with E-state index in [-0.39, 0.29) is 17.8 Å². The summed E-state index contributed by atoms with van der Waals surface area (Å²) < 4.78 is 18.8. The van der Waals surface area contributed by atoms with E-state index in [1.807, 2.05) is 17.0 Å². The fraction of sp³-hybridized carbons (Fsp3) is 0.273. The monoisotopic (exact) mass is 420 g/mol. The third-order valence-electron chi connectivity index (χ3n) is 5.10. The van der Waals surface area contributed by atoms with Crippen molar-refractivity contribution in [1.82, 2.24) is 20.3 Å². The molecular weight excluding hydrogens is 399 g/mol. The number of aromatic nitrogens is 3. The lowest BCUT2D eigenvalue weighted by atomic mass is 10.2. The van der Waals surface area contributed by atoms with E-state index in [1.165, 1.54) is 18.5 Å². The van der Waals surface area contributed by atoms with Gasteiger partial charge >= 0.3 is 0 Å². The molecular formula is C22H21FN6O2. The Morgan fingerprint density at radius 2 is 1.90 bits per heavy atom. The van der Waals surface area contributed by atoms with Gasteiger partial charge in [-0.2, -0.15) is 4.98 Å². The van der Waals surface area contributed by atoms with E-state index in [9.17, 15) is 9.18 Å². The SMILES string of the molecule is O=C(NC1CC1)c1cccc(Nc2ncnc(N3CC(Oc4ccc(F)cc4)C3)n2)c1. The van der Waals surface area contributed by atoms with Gasteiger partial charge in [-0.1, -0.05) is 6.07 Å². The van der Waals surface area contributed by atoms with Crippen molar-refractivity contribution < 1.29 is 13.9 Å². The van der Waals surface area contributed by atoms with Crippen LogP contribution in [0.2, 0.25) is 0 Å². The number of carbonyl (C=O) groups excluding carboxylic acids is 1. The smallest absolute Gasteiger partial charge is 0.251 e. The summed E-state index contributed by atoms with van der Waals surface area (Å²) in [5.41, 5.74) is 1.32. The normalized spacial score (nSPS) is 15.8. The second-order valence-electron chi connectivity index (χ2n) is 7.66. The second-order valence-corrected chi connectivity index (χ2v) is 7.66. The molecule has 2 heterocycles.